The Hall–Kier alpha value is -1.01. The highest BCUT2D eigenvalue weighted by atomic mass is 16.1. The lowest BCUT2D eigenvalue weighted by molar-refractivity contribution is -0.120. The summed E-state index contributed by atoms with van der Waals surface area (Å²) < 4.78 is 0. The van der Waals surface area contributed by atoms with Crippen LogP contribution < -0.4 is 10.6 Å². The molecule has 0 aromatic carbocycles. The molecule has 1 fully saturated rings. The standard InChI is InChI=1S/C11H18N2O/c1-3-6-12-8-11(14)13-7-9(2)10-4-5-10/h1,9-10,12H,4-8H2,2H3,(H,13,14). The van der Waals surface area contributed by atoms with Gasteiger partial charge in [-0.25, -0.2) is 0 Å². The van der Waals surface area contributed by atoms with E-state index in [0.29, 0.717) is 19.0 Å². The molecule has 3 nitrogen and oxygen atoms in total. The minimum atomic E-state index is 0.0350. The summed E-state index contributed by atoms with van der Waals surface area (Å²) >= 11 is 0. The summed E-state index contributed by atoms with van der Waals surface area (Å²) in [5.74, 6) is 3.92. The summed E-state index contributed by atoms with van der Waals surface area (Å²) in [6.45, 7) is 3.75. The van der Waals surface area contributed by atoms with E-state index >= 15 is 0 Å². The first-order valence-electron chi connectivity index (χ1n) is 5.15. The van der Waals surface area contributed by atoms with E-state index < -0.39 is 0 Å². The molecule has 1 rings (SSSR count). The molecular weight excluding hydrogens is 176 g/mol. The van der Waals surface area contributed by atoms with Crippen molar-refractivity contribution in [3.8, 4) is 12.3 Å². The second-order valence-electron chi connectivity index (χ2n) is 3.93. The van der Waals surface area contributed by atoms with Crippen molar-refractivity contribution in [1.82, 2.24) is 10.6 Å². The molecule has 1 unspecified atom stereocenters. The lowest BCUT2D eigenvalue weighted by Crippen LogP contribution is -2.36. The fourth-order valence-corrected chi connectivity index (χ4v) is 1.42. The number of terminal acetylenes is 1. The highest BCUT2D eigenvalue weighted by molar-refractivity contribution is 5.77. The fourth-order valence-electron chi connectivity index (χ4n) is 1.42. The van der Waals surface area contributed by atoms with E-state index in [0.717, 1.165) is 12.5 Å². The summed E-state index contributed by atoms with van der Waals surface area (Å²) in [4.78, 5) is 11.2. The van der Waals surface area contributed by atoms with Gasteiger partial charge < -0.3 is 5.32 Å². The molecule has 2 N–H and O–H groups in total. The van der Waals surface area contributed by atoms with Crippen LogP contribution in [0.1, 0.15) is 19.8 Å². The van der Waals surface area contributed by atoms with Crippen molar-refractivity contribution in [1.29, 1.82) is 0 Å². The largest absolute Gasteiger partial charge is 0.355 e. The third-order valence-electron chi connectivity index (χ3n) is 2.56. The average Bonchev–Trinajstić information content (AvgIpc) is 2.98. The topological polar surface area (TPSA) is 41.1 Å². The molecule has 0 aromatic rings. The van der Waals surface area contributed by atoms with Gasteiger partial charge in [0, 0.05) is 6.54 Å². The smallest absolute Gasteiger partial charge is 0.233 e. The highest BCUT2D eigenvalue weighted by Crippen LogP contribution is 2.35. The van der Waals surface area contributed by atoms with Gasteiger partial charge in [-0.15, -0.1) is 6.42 Å². The number of hydrogen-bond acceptors (Lipinski definition) is 2. The Morgan fingerprint density at radius 2 is 2.36 bits per heavy atom. The van der Waals surface area contributed by atoms with E-state index in [1.807, 2.05) is 0 Å². The molecule has 0 spiro atoms. The fraction of sp³-hybridized carbons (Fsp3) is 0.727. The van der Waals surface area contributed by atoms with Gasteiger partial charge in [0.05, 0.1) is 13.1 Å². The molecule has 1 aliphatic carbocycles. The quantitative estimate of drug-likeness (QED) is 0.474. The average molecular weight is 194 g/mol. The van der Waals surface area contributed by atoms with Crippen molar-refractivity contribution in [3.05, 3.63) is 0 Å². The summed E-state index contributed by atoms with van der Waals surface area (Å²) in [5, 5.41) is 5.75. The molecule has 0 radical (unpaired) electrons. The Kier molecular flexibility index (Phi) is 4.48. The van der Waals surface area contributed by atoms with Crippen molar-refractivity contribution in [2.75, 3.05) is 19.6 Å². The van der Waals surface area contributed by atoms with Crippen LogP contribution in [0.25, 0.3) is 0 Å². The normalized spacial score (nSPS) is 17.1. The van der Waals surface area contributed by atoms with E-state index in [9.17, 15) is 4.79 Å². The Labute approximate surface area is 85.6 Å². The molecule has 1 amide bonds. The molecular formula is C11H18N2O. The van der Waals surface area contributed by atoms with E-state index in [1.54, 1.807) is 0 Å². The van der Waals surface area contributed by atoms with Crippen LogP contribution in [-0.4, -0.2) is 25.5 Å². The molecule has 1 saturated carbocycles. The molecule has 1 atom stereocenters. The minimum Gasteiger partial charge on any atom is -0.355 e. The summed E-state index contributed by atoms with van der Waals surface area (Å²) in [5.41, 5.74) is 0. The predicted octanol–water partition coefficient (Wildman–Crippen LogP) is 0.371. The molecule has 3 heteroatoms. The van der Waals surface area contributed by atoms with Crippen LogP contribution in [0.5, 0.6) is 0 Å². The van der Waals surface area contributed by atoms with Gasteiger partial charge >= 0.3 is 0 Å². The first-order chi connectivity index (χ1) is 6.74. The Morgan fingerprint density at radius 3 is 2.93 bits per heavy atom. The summed E-state index contributed by atoms with van der Waals surface area (Å²) in [6, 6.07) is 0. The van der Waals surface area contributed by atoms with E-state index in [2.05, 4.69) is 23.5 Å². The van der Waals surface area contributed by atoms with Crippen LogP contribution in [0.2, 0.25) is 0 Å². The number of nitrogens with one attached hydrogen (secondary N) is 2. The van der Waals surface area contributed by atoms with Gasteiger partial charge in [-0.3, -0.25) is 10.1 Å². The zero-order valence-corrected chi connectivity index (χ0v) is 8.68. The third kappa shape index (κ3) is 4.29. The lowest BCUT2D eigenvalue weighted by Gasteiger charge is -2.11. The van der Waals surface area contributed by atoms with Crippen LogP contribution in [-0.2, 0) is 4.79 Å². The maximum atomic E-state index is 11.2. The number of hydrogen-bond donors (Lipinski definition) is 2. The molecule has 1 aliphatic rings. The Bertz CT molecular complexity index is 228. The second-order valence-corrected chi connectivity index (χ2v) is 3.93. The molecule has 0 heterocycles. The van der Waals surface area contributed by atoms with Crippen LogP contribution in [0.15, 0.2) is 0 Å². The van der Waals surface area contributed by atoms with Crippen molar-refractivity contribution in [3.63, 3.8) is 0 Å². The number of amides is 1. The molecule has 78 valence electrons. The molecule has 0 saturated heterocycles. The first kappa shape index (κ1) is 11.1. The monoisotopic (exact) mass is 194 g/mol. The van der Waals surface area contributed by atoms with Crippen LogP contribution in [0, 0.1) is 24.2 Å². The summed E-state index contributed by atoms with van der Waals surface area (Å²) in [6.07, 6.45) is 7.69. The number of carbonyl (C=O) groups is 1. The van der Waals surface area contributed by atoms with Crippen molar-refractivity contribution >= 4 is 5.91 Å². The van der Waals surface area contributed by atoms with Gasteiger partial charge in [0.15, 0.2) is 0 Å². The maximum Gasteiger partial charge on any atom is 0.233 e. The van der Waals surface area contributed by atoms with E-state index in [4.69, 9.17) is 6.42 Å². The third-order valence-corrected chi connectivity index (χ3v) is 2.56. The highest BCUT2D eigenvalue weighted by Gasteiger charge is 2.27. The first-order valence-corrected chi connectivity index (χ1v) is 5.15. The zero-order chi connectivity index (χ0) is 10.4. The molecule has 0 bridgehead atoms. The summed E-state index contributed by atoms with van der Waals surface area (Å²) in [7, 11) is 0. The Morgan fingerprint density at radius 1 is 1.64 bits per heavy atom. The number of rotatable bonds is 6. The van der Waals surface area contributed by atoms with Crippen molar-refractivity contribution < 1.29 is 4.79 Å². The van der Waals surface area contributed by atoms with Gasteiger partial charge in [-0.1, -0.05) is 12.8 Å². The predicted molar refractivity (Wildman–Crippen MR) is 56.6 cm³/mol. The lowest BCUT2D eigenvalue weighted by atomic mass is 10.1. The molecule has 0 aliphatic heterocycles. The van der Waals surface area contributed by atoms with Gasteiger partial charge in [0.2, 0.25) is 5.91 Å². The molecule has 14 heavy (non-hydrogen) atoms. The van der Waals surface area contributed by atoms with Crippen LogP contribution >= 0.6 is 0 Å². The van der Waals surface area contributed by atoms with Crippen molar-refractivity contribution in [2.24, 2.45) is 11.8 Å². The SMILES string of the molecule is C#CCNCC(=O)NCC(C)C1CC1. The number of carbonyl (C=O) groups excluding carboxylic acids is 1. The second kappa shape index (κ2) is 5.66. The van der Waals surface area contributed by atoms with Gasteiger partial charge in [0.25, 0.3) is 0 Å². The minimum absolute atomic E-state index is 0.0350. The van der Waals surface area contributed by atoms with Gasteiger partial charge in [0.1, 0.15) is 0 Å². The zero-order valence-electron chi connectivity index (χ0n) is 8.68. The van der Waals surface area contributed by atoms with Crippen LogP contribution in [0.4, 0.5) is 0 Å². The van der Waals surface area contributed by atoms with E-state index in [1.165, 1.54) is 12.8 Å². The maximum absolute atomic E-state index is 11.2. The van der Waals surface area contributed by atoms with Crippen molar-refractivity contribution in [2.45, 2.75) is 19.8 Å². The molecule has 0 aromatic heterocycles. The Balaban J connectivity index is 1.99. The van der Waals surface area contributed by atoms with E-state index in [-0.39, 0.29) is 5.91 Å². The van der Waals surface area contributed by atoms with Gasteiger partial charge in [-0.05, 0) is 24.7 Å². The van der Waals surface area contributed by atoms with Crippen LogP contribution in [0.3, 0.4) is 0 Å². The van der Waals surface area contributed by atoms with Gasteiger partial charge in [-0.2, -0.15) is 0 Å².